The molecule has 1 fully saturated rings. The van der Waals surface area contributed by atoms with Crippen molar-refractivity contribution in [2.75, 3.05) is 39.9 Å². The Morgan fingerprint density at radius 2 is 2.31 bits per heavy atom. The minimum absolute atomic E-state index is 0.0709. The number of nitrogens with zero attached hydrogens (tertiary/aromatic N) is 2. The van der Waals surface area contributed by atoms with Crippen molar-refractivity contribution >= 4 is 0 Å². The van der Waals surface area contributed by atoms with Gasteiger partial charge in [-0.3, -0.25) is 0 Å². The molecule has 0 radical (unpaired) electrons. The Kier molecular flexibility index (Phi) is 6.39. The lowest BCUT2D eigenvalue weighted by Crippen LogP contribution is -2.39. The zero-order valence-electron chi connectivity index (χ0n) is 10.4. The van der Waals surface area contributed by atoms with Crippen molar-refractivity contribution in [3.05, 3.63) is 0 Å². The van der Waals surface area contributed by atoms with Gasteiger partial charge in [-0.1, -0.05) is 6.92 Å². The molecule has 0 heterocycles. The fourth-order valence-electron chi connectivity index (χ4n) is 1.56. The van der Waals surface area contributed by atoms with Gasteiger partial charge in [0.05, 0.1) is 12.7 Å². The van der Waals surface area contributed by atoms with E-state index in [0.29, 0.717) is 0 Å². The first-order chi connectivity index (χ1) is 7.76. The maximum Gasteiger partial charge on any atom is 0.108 e. The van der Waals surface area contributed by atoms with Crippen LogP contribution < -0.4 is 5.32 Å². The molecule has 1 atom stereocenters. The molecule has 0 aromatic carbocycles. The van der Waals surface area contributed by atoms with Gasteiger partial charge >= 0.3 is 0 Å². The molecule has 0 aromatic rings. The summed E-state index contributed by atoms with van der Waals surface area (Å²) >= 11 is 0. The average molecular weight is 225 g/mol. The van der Waals surface area contributed by atoms with E-state index in [1.807, 2.05) is 14.0 Å². The molecule has 0 spiro atoms. The maximum absolute atomic E-state index is 8.89. The zero-order chi connectivity index (χ0) is 11.8. The van der Waals surface area contributed by atoms with Gasteiger partial charge in [-0.05, 0) is 32.4 Å². The molecule has 0 bridgehead atoms. The van der Waals surface area contributed by atoms with E-state index in [-0.39, 0.29) is 6.04 Å². The topological polar surface area (TPSA) is 48.3 Å². The highest BCUT2D eigenvalue weighted by atomic mass is 16.5. The van der Waals surface area contributed by atoms with E-state index in [1.54, 1.807) is 0 Å². The van der Waals surface area contributed by atoms with Crippen LogP contribution in [0.1, 0.15) is 19.8 Å². The summed E-state index contributed by atoms with van der Waals surface area (Å²) in [6.45, 7) is 6.21. The van der Waals surface area contributed by atoms with Crippen molar-refractivity contribution in [3.8, 4) is 6.07 Å². The number of hydrogen-bond donors (Lipinski definition) is 1. The molecule has 92 valence electrons. The summed E-state index contributed by atoms with van der Waals surface area (Å²) in [4.78, 5) is 2.14. The van der Waals surface area contributed by atoms with Crippen LogP contribution in [0.15, 0.2) is 0 Å². The van der Waals surface area contributed by atoms with Gasteiger partial charge in [0.15, 0.2) is 0 Å². The van der Waals surface area contributed by atoms with Gasteiger partial charge in [0.1, 0.15) is 6.04 Å². The third-order valence-corrected chi connectivity index (χ3v) is 2.77. The van der Waals surface area contributed by atoms with Crippen LogP contribution in [0.2, 0.25) is 0 Å². The Balaban J connectivity index is 1.99. The summed E-state index contributed by atoms with van der Waals surface area (Å²) in [5.41, 5.74) is 0. The van der Waals surface area contributed by atoms with E-state index in [0.717, 1.165) is 38.8 Å². The molecule has 1 saturated carbocycles. The van der Waals surface area contributed by atoms with Gasteiger partial charge in [0.2, 0.25) is 0 Å². The Labute approximate surface area is 98.6 Å². The Bertz CT molecular complexity index is 223. The van der Waals surface area contributed by atoms with Gasteiger partial charge in [-0.2, -0.15) is 5.26 Å². The molecule has 0 saturated heterocycles. The fraction of sp³-hybridized carbons (Fsp3) is 0.917. The summed E-state index contributed by atoms with van der Waals surface area (Å²) in [5.74, 6) is 0.832. The number of hydrogen-bond acceptors (Lipinski definition) is 4. The summed E-state index contributed by atoms with van der Waals surface area (Å²) < 4.78 is 5.56. The van der Waals surface area contributed by atoms with Crippen molar-refractivity contribution in [1.82, 2.24) is 10.2 Å². The monoisotopic (exact) mass is 225 g/mol. The summed E-state index contributed by atoms with van der Waals surface area (Å²) in [7, 11) is 2.03. The van der Waals surface area contributed by atoms with Crippen molar-refractivity contribution in [3.63, 3.8) is 0 Å². The van der Waals surface area contributed by atoms with E-state index in [4.69, 9.17) is 10.00 Å². The van der Waals surface area contributed by atoms with Gasteiger partial charge in [0.25, 0.3) is 0 Å². The summed E-state index contributed by atoms with van der Waals surface area (Å²) in [5, 5.41) is 12.0. The first-order valence-corrected chi connectivity index (χ1v) is 6.15. The van der Waals surface area contributed by atoms with E-state index < -0.39 is 0 Å². The Hall–Kier alpha value is -0.630. The fourth-order valence-corrected chi connectivity index (χ4v) is 1.56. The van der Waals surface area contributed by atoms with Crippen molar-refractivity contribution in [1.29, 1.82) is 5.26 Å². The van der Waals surface area contributed by atoms with Gasteiger partial charge < -0.3 is 15.0 Å². The molecule has 1 aliphatic rings. The third kappa shape index (κ3) is 6.06. The second-order valence-electron chi connectivity index (χ2n) is 4.52. The van der Waals surface area contributed by atoms with Crippen molar-refractivity contribution in [2.45, 2.75) is 25.8 Å². The van der Waals surface area contributed by atoms with E-state index >= 15 is 0 Å². The van der Waals surface area contributed by atoms with Crippen LogP contribution in [0, 0.1) is 17.2 Å². The molecular formula is C12H23N3O. The van der Waals surface area contributed by atoms with Crippen LogP contribution in [-0.4, -0.2) is 50.8 Å². The highest BCUT2D eigenvalue weighted by Crippen LogP contribution is 2.28. The van der Waals surface area contributed by atoms with E-state index in [9.17, 15) is 0 Å². The van der Waals surface area contributed by atoms with Gasteiger partial charge in [0, 0.05) is 19.7 Å². The van der Waals surface area contributed by atoms with E-state index in [1.165, 1.54) is 12.8 Å². The quantitative estimate of drug-likeness (QED) is 0.591. The third-order valence-electron chi connectivity index (χ3n) is 2.77. The Morgan fingerprint density at radius 1 is 1.56 bits per heavy atom. The first kappa shape index (κ1) is 13.4. The van der Waals surface area contributed by atoms with Gasteiger partial charge in [-0.25, -0.2) is 0 Å². The average Bonchev–Trinajstić information content (AvgIpc) is 3.07. The van der Waals surface area contributed by atoms with Crippen molar-refractivity contribution in [2.24, 2.45) is 5.92 Å². The molecule has 4 heteroatoms. The molecule has 1 unspecified atom stereocenters. The van der Waals surface area contributed by atoms with Crippen LogP contribution in [-0.2, 0) is 4.74 Å². The molecule has 1 N–H and O–H groups in total. The second kappa shape index (κ2) is 7.61. The maximum atomic E-state index is 8.89. The highest BCUT2D eigenvalue weighted by Gasteiger charge is 2.21. The molecule has 0 aliphatic heterocycles. The van der Waals surface area contributed by atoms with Crippen LogP contribution in [0.5, 0.6) is 0 Å². The number of ether oxygens (including phenoxy) is 1. The lowest BCUT2D eigenvalue weighted by Gasteiger charge is -2.20. The molecular weight excluding hydrogens is 202 g/mol. The second-order valence-corrected chi connectivity index (χ2v) is 4.52. The lowest BCUT2D eigenvalue weighted by molar-refractivity contribution is 0.102. The molecule has 16 heavy (non-hydrogen) atoms. The highest BCUT2D eigenvalue weighted by molar-refractivity contribution is 4.91. The SMILES string of the molecule is CCNC(C#N)CN(C)CCOCC1CC1. The van der Waals surface area contributed by atoms with Gasteiger partial charge in [-0.15, -0.1) is 0 Å². The number of nitriles is 1. The zero-order valence-corrected chi connectivity index (χ0v) is 10.4. The number of rotatable bonds is 9. The largest absolute Gasteiger partial charge is 0.380 e. The summed E-state index contributed by atoms with van der Waals surface area (Å²) in [6.07, 6.45) is 2.68. The normalized spacial score (nSPS) is 17.4. The number of nitrogens with one attached hydrogen (secondary N) is 1. The minimum atomic E-state index is -0.0709. The first-order valence-electron chi connectivity index (χ1n) is 6.15. The smallest absolute Gasteiger partial charge is 0.108 e. The van der Waals surface area contributed by atoms with E-state index in [2.05, 4.69) is 16.3 Å². The standard InChI is InChI=1S/C12H23N3O/c1-3-14-12(8-13)9-15(2)6-7-16-10-11-4-5-11/h11-12,14H,3-7,9-10H2,1-2H3. The predicted octanol–water partition coefficient (Wildman–Crippen LogP) is 0.846. The van der Waals surface area contributed by atoms with Crippen LogP contribution in [0.4, 0.5) is 0 Å². The van der Waals surface area contributed by atoms with Crippen LogP contribution in [0.3, 0.4) is 0 Å². The minimum Gasteiger partial charge on any atom is -0.380 e. The van der Waals surface area contributed by atoms with Crippen LogP contribution >= 0.6 is 0 Å². The van der Waals surface area contributed by atoms with Crippen LogP contribution in [0.25, 0.3) is 0 Å². The molecule has 0 amide bonds. The molecule has 1 aliphatic carbocycles. The van der Waals surface area contributed by atoms with Crippen molar-refractivity contribution < 1.29 is 4.74 Å². The lowest BCUT2D eigenvalue weighted by atomic mass is 10.3. The Morgan fingerprint density at radius 3 is 2.88 bits per heavy atom. The molecule has 1 rings (SSSR count). The predicted molar refractivity (Wildman–Crippen MR) is 64.1 cm³/mol. The molecule has 0 aromatic heterocycles. The number of likely N-dealkylation sites (N-methyl/N-ethyl adjacent to an activating group) is 2. The molecule has 4 nitrogen and oxygen atoms in total. The summed E-state index contributed by atoms with van der Waals surface area (Å²) in [6, 6.07) is 2.19.